The monoisotopic (exact) mass is 292 g/mol. The molecule has 1 saturated heterocycles. The highest BCUT2D eigenvalue weighted by molar-refractivity contribution is 7.98. The van der Waals surface area contributed by atoms with Gasteiger partial charge in [0.05, 0.1) is 0 Å². The second-order valence-corrected chi connectivity index (χ2v) is 6.68. The highest BCUT2D eigenvalue weighted by atomic mass is 32.2. The van der Waals surface area contributed by atoms with Crippen LogP contribution in [0.2, 0.25) is 0 Å². The Morgan fingerprint density at radius 1 is 1.30 bits per heavy atom. The van der Waals surface area contributed by atoms with Crippen LogP contribution in [0.15, 0.2) is 30.3 Å². The van der Waals surface area contributed by atoms with Crippen molar-refractivity contribution in [1.82, 2.24) is 10.2 Å². The summed E-state index contributed by atoms with van der Waals surface area (Å²) < 4.78 is 0. The molecule has 1 aliphatic rings. The van der Waals surface area contributed by atoms with E-state index in [1.54, 1.807) is 0 Å². The Bertz CT molecular complexity index is 369. The van der Waals surface area contributed by atoms with Crippen molar-refractivity contribution in [2.75, 3.05) is 31.6 Å². The third-order valence-corrected chi connectivity index (χ3v) is 4.91. The molecular weight excluding hydrogens is 264 g/mol. The van der Waals surface area contributed by atoms with Gasteiger partial charge < -0.3 is 5.32 Å². The average Bonchev–Trinajstić information content (AvgIpc) is 2.50. The van der Waals surface area contributed by atoms with Crippen LogP contribution >= 0.6 is 11.8 Å². The van der Waals surface area contributed by atoms with E-state index < -0.39 is 0 Å². The number of nitrogens with zero attached hydrogens (tertiary/aromatic N) is 1. The Morgan fingerprint density at radius 3 is 2.80 bits per heavy atom. The first-order valence-corrected chi connectivity index (χ1v) is 9.23. The number of hydrogen-bond donors (Lipinski definition) is 1. The van der Waals surface area contributed by atoms with Crippen molar-refractivity contribution in [1.29, 1.82) is 0 Å². The minimum absolute atomic E-state index is 0.655. The van der Waals surface area contributed by atoms with Crippen molar-refractivity contribution in [3.8, 4) is 0 Å². The fourth-order valence-corrected chi connectivity index (χ4v) is 3.39. The molecule has 1 aromatic rings. The molecular formula is C17H28N2S. The van der Waals surface area contributed by atoms with E-state index in [4.69, 9.17) is 0 Å². The maximum absolute atomic E-state index is 3.71. The van der Waals surface area contributed by atoms with E-state index in [-0.39, 0.29) is 0 Å². The SMILES string of the molecule is CCC1CN(CCCSC)C(Cc2ccccc2)CN1. The molecule has 1 fully saturated rings. The van der Waals surface area contributed by atoms with E-state index in [0.29, 0.717) is 12.1 Å². The molecule has 0 aliphatic carbocycles. The quantitative estimate of drug-likeness (QED) is 0.778. The highest BCUT2D eigenvalue weighted by Gasteiger charge is 2.26. The van der Waals surface area contributed by atoms with E-state index in [1.165, 1.54) is 43.7 Å². The lowest BCUT2D eigenvalue weighted by Gasteiger charge is -2.40. The lowest BCUT2D eigenvalue weighted by molar-refractivity contribution is 0.128. The molecule has 2 atom stereocenters. The van der Waals surface area contributed by atoms with Gasteiger partial charge in [0.2, 0.25) is 0 Å². The standard InChI is InChI=1S/C17H28N2S/c1-3-16-14-19(10-7-11-20-2)17(13-18-16)12-15-8-5-4-6-9-15/h4-6,8-9,16-18H,3,7,10-14H2,1-2H3. The Hall–Kier alpha value is -0.510. The Labute approximate surface area is 128 Å². The van der Waals surface area contributed by atoms with Crippen LogP contribution < -0.4 is 5.32 Å². The predicted octanol–water partition coefficient (Wildman–Crippen LogP) is 3.03. The minimum Gasteiger partial charge on any atom is -0.311 e. The largest absolute Gasteiger partial charge is 0.311 e. The summed E-state index contributed by atoms with van der Waals surface area (Å²) in [4.78, 5) is 2.72. The van der Waals surface area contributed by atoms with Gasteiger partial charge >= 0.3 is 0 Å². The summed E-state index contributed by atoms with van der Waals surface area (Å²) in [5, 5.41) is 3.71. The fraction of sp³-hybridized carbons (Fsp3) is 0.647. The topological polar surface area (TPSA) is 15.3 Å². The number of nitrogens with one attached hydrogen (secondary N) is 1. The van der Waals surface area contributed by atoms with Gasteiger partial charge in [-0.25, -0.2) is 0 Å². The van der Waals surface area contributed by atoms with Gasteiger partial charge in [0.1, 0.15) is 0 Å². The fourth-order valence-electron chi connectivity index (χ4n) is 2.98. The zero-order valence-electron chi connectivity index (χ0n) is 12.8. The lowest BCUT2D eigenvalue weighted by atomic mass is 10.00. The zero-order chi connectivity index (χ0) is 14.2. The molecule has 1 aliphatic heterocycles. The van der Waals surface area contributed by atoms with Gasteiger partial charge in [0.15, 0.2) is 0 Å². The Balaban J connectivity index is 1.93. The molecule has 0 amide bonds. The molecule has 1 aromatic carbocycles. The summed E-state index contributed by atoms with van der Waals surface area (Å²) >= 11 is 1.96. The van der Waals surface area contributed by atoms with Gasteiger partial charge in [-0.3, -0.25) is 4.90 Å². The van der Waals surface area contributed by atoms with Crippen LogP contribution in [0.3, 0.4) is 0 Å². The summed E-state index contributed by atoms with van der Waals surface area (Å²) in [5.41, 5.74) is 1.46. The first-order chi connectivity index (χ1) is 9.83. The molecule has 2 nitrogen and oxygen atoms in total. The minimum atomic E-state index is 0.655. The molecule has 0 aromatic heterocycles. The summed E-state index contributed by atoms with van der Waals surface area (Å²) in [6, 6.07) is 12.2. The number of piperazine rings is 1. The van der Waals surface area contributed by atoms with Crippen molar-refractivity contribution in [3.63, 3.8) is 0 Å². The zero-order valence-corrected chi connectivity index (χ0v) is 13.7. The molecule has 0 saturated carbocycles. The third kappa shape index (κ3) is 4.80. The summed E-state index contributed by atoms with van der Waals surface area (Å²) in [7, 11) is 0. The molecule has 2 unspecified atom stereocenters. The van der Waals surface area contributed by atoms with Crippen LogP contribution in [0, 0.1) is 0 Å². The van der Waals surface area contributed by atoms with Gasteiger partial charge in [-0.15, -0.1) is 0 Å². The highest BCUT2D eigenvalue weighted by Crippen LogP contribution is 2.15. The predicted molar refractivity (Wildman–Crippen MR) is 90.6 cm³/mol. The number of hydrogen-bond acceptors (Lipinski definition) is 3. The number of benzene rings is 1. The molecule has 0 bridgehead atoms. The van der Waals surface area contributed by atoms with Crippen LogP contribution in [0.25, 0.3) is 0 Å². The molecule has 2 rings (SSSR count). The van der Waals surface area contributed by atoms with Gasteiger partial charge in [0.25, 0.3) is 0 Å². The Kier molecular flexibility index (Phi) is 6.91. The van der Waals surface area contributed by atoms with E-state index in [2.05, 4.69) is 53.7 Å². The first kappa shape index (κ1) is 15.9. The van der Waals surface area contributed by atoms with Gasteiger partial charge in [-0.1, -0.05) is 37.3 Å². The van der Waals surface area contributed by atoms with Crippen molar-refractivity contribution in [2.24, 2.45) is 0 Å². The maximum Gasteiger partial charge on any atom is 0.0261 e. The van der Waals surface area contributed by atoms with Crippen LogP contribution in [0.1, 0.15) is 25.3 Å². The van der Waals surface area contributed by atoms with E-state index in [9.17, 15) is 0 Å². The normalized spacial score (nSPS) is 23.9. The van der Waals surface area contributed by atoms with E-state index in [0.717, 1.165) is 6.54 Å². The second-order valence-electron chi connectivity index (χ2n) is 5.70. The Morgan fingerprint density at radius 2 is 2.10 bits per heavy atom. The maximum atomic E-state index is 3.71. The number of rotatable bonds is 7. The van der Waals surface area contributed by atoms with Gasteiger partial charge in [0, 0.05) is 25.2 Å². The van der Waals surface area contributed by atoms with Crippen LogP contribution in [0.5, 0.6) is 0 Å². The van der Waals surface area contributed by atoms with Crippen molar-refractivity contribution in [3.05, 3.63) is 35.9 Å². The van der Waals surface area contributed by atoms with E-state index >= 15 is 0 Å². The number of thioether (sulfide) groups is 1. The van der Waals surface area contributed by atoms with Crippen LogP contribution in [-0.4, -0.2) is 48.6 Å². The third-order valence-electron chi connectivity index (χ3n) is 4.21. The molecule has 1 N–H and O–H groups in total. The molecule has 20 heavy (non-hydrogen) atoms. The van der Waals surface area contributed by atoms with Gasteiger partial charge in [-0.2, -0.15) is 11.8 Å². The average molecular weight is 292 g/mol. The van der Waals surface area contributed by atoms with Crippen molar-refractivity contribution in [2.45, 2.75) is 38.3 Å². The molecule has 1 heterocycles. The summed E-state index contributed by atoms with van der Waals surface area (Å²) in [6.07, 6.45) is 5.91. The molecule has 3 heteroatoms. The molecule has 112 valence electrons. The van der Waals surface area contributed by atoms with E-state index in [1.807, 2.05) is 11.8 Å². The second kappa shape index (κ2) is 8.71. The first-order valence-electron chi connectivity index (χ1n) is 7.83. The van der Waals surface area contributed by atoms with Crippen LogP contribution in [0.4, 0.5) is 0 Å². The summed E-state index contributed by atoms with van der Waals surface area (Å²) in [6.45, 7) is 5.88. The summed E-state index contributed by atoms with van der Waals surface area (Å²) in [5.74, 6) is 1.28. The van der Waals surface area contributed by atoms with Crippen molar-refractivity contribution >= 4 is 11.8 Å². The van der Waals surface area contributed by atoms with Crippen LogP contribution in [-0.2, 0) is 6.42 Å². The molecule has 0 spiro atoms. The lowest BCUT2D eigenvalue weighted by Crippen LogP contribution is -2.57. The van der Waals surface area contributed by atoms with Crippen molar-refractivity contribution < 1.29 is 0 Å². The van der Waals surface area contributed by atoms with Gasteiger partial charge in [-0.05, 0) is 43.4 Å². The molecule has 0 radical (unpaired) electrons. The smallest absolute Gasteiger partial charge is 0.0261 e.